The van der Waals surface area contributed by atoms with E-state index >= 15 is 0 Å². The third-order valence-corrected chi connectivity index (χ3v) is 4.48. The van der Waals surface area contributed by atoms with Crippen LogP contribution in [-0.4, -0.2) is 11.9 Å². The van der Waals surface area contributed by atoms with Crippen molar-refractivity contribution in [1.82, 2.24) is 0 Å². The average molecular weight is 404 g/mol. The molecule has 0 radical (unpaired) electrons. The summed E-state index contributed by atoms with van der Waals surface area (Å²) in [5.74, 6) is -2.33. The highest BCUT2D eigenvalue weighted by Gasteiger charge is 2.26. The van der Waals surface area contributed by atoms with Crippen molar-refractivity contribution in [2.75, 3.05) is 0 Å². The molecule has 0 heterocycles. The number of hydrogen-bond donors (Lipinski definition) is 1. The van der Waals surface area contributed by atoms with E-state index in [1.54, 1.807) is 18.2 Å². The second-order valence-electron chi connectivity index (χ2n) is 5.71. The van der Waals surface area contributed by atoms with Crippen LogP contribution >= 0.6 is 15.9 Å². The molecule has 2 aromatic rings. The number of halogens is 2. The molecule has 2 aromatic carbocycles. The van der Waals surface area contributed by atoms with Gasteiger partial charge in [-0.25, -0.2) is 9.18 Å². The predicted octanol–water partition coefficient (Wildman–Crippen LogP) is 3.93. The Morgan fingerprint density at radius 3 is 2.72 bits per heavy atom. The highest BCUT2D eigenvalue weighted by molar-refractivity contribution is 9.10. The van der Waals surface area contributed by atoms with Gasteiger partial charge in [0, 0.05) is 10.0 Å². The van der Waals surface area contributed by atoms with Crippen molar-refractivity contribution in [2.45, 2.75) is 18.9 Å². The first kappa shape index (κ1) is 17.4. The summed E-state index contributed by atoms with van der Waals surface area (Å²) in [4.78, 5) is 24.1. The van der Waals surface area contributed by atoms with Gasteiger partial charge >= 0.3 is 5.97 Å². The number of carbonyl (C=O) groups is 2. The lowest BCUT2D eigenvalue weighted by Crippen LogP contribution is -2.27. The molecule has 0 aromatic heterocycles. The number of amides is 1. The second-order valence-corrected chi connectivity index (χ2v) is 6.62. The van der Waals surface area contributed by atoms with Gasteiger partial charge in [-0.05, 0) is 48.2 Å². The maximum atomic E-state index is 14.1. The van der Waals surface area contributed by atoms with Gasteiger partial charge in [0.05, 0.1) is 5.56 Å². The molecule has 0 spiro atoms. The smallest absolute Gasteiger partial charge is 0.339 e. The molecule has 4 nitrogen and oxygen atoms in total. The van der Waals surface area contributed by atoms with Crippen molar-refractivity contribution in [3.8, 4) is 0 Å². The molecule has 0 saturated carbocycles. The lowest BCUT2D eigenvalue weighted by atomic mass is 9.95. The van der Waals surface area contributed by atoms with Crippen LogP contribution in [0.1, 0.15) is 39.6 Å². The molecule has 0 fully saturated rings. The van der Waals surface area contributed by atoms with Crippen LogP contribution in [-0.2, 0) is 16.0 Å². The molecule has 1 atom stereocenters. The predicted molar refractivity (Wildman–Crippen MR) is 95.2 cm³/mol. The van der Waals surface area contributed by atoms with E-state index in [0.29, 0.717) is 10.0 Å². The molecule has 3 rings (SSSR count). The van der Waals surface area contributed by atoms with Gasteiger partial charge in [-0.1, -0.05) is 40.2 Å². The third kappa shape index (κ3) is 3.79. The van der Waals surface area contributed by atoms with E-state index in [2.05, 4.69) is 22.0 Å². The summed E-state index contributed by atoms with van der Waals surface area (Å²) in [7, 11) is 0. The number of rotatable bonds is 4. The van der Waals surface area contributed by atoms with Crippen LogP contribution in [0, 0.1) is 5.82 Å². The monoisotopic (exact) mass is 403 g/mol. The Balaban J connectivity index is 1.86. The zero-order chi connectivity index (χ0) is 18.0. The SMILES string of the molecule is NC(=O)C(OC(=O)c1ccc2c(c1)CCC=C2)c1ccc(Br)cc1F. The number of nitrogens with two attached hydrogens (primary N) is 1. The lowest BCUT2D eigenvalue weighted by Gasteiger charge is -2.17. The maximum Gasteiger partial charge on any atom is 0.339 e. The Morgan fingerprint density at radius 1 is 1.20 bits per heavy atom. The number of benzene rings is 2. The first-order valence-electron chi connectivity index (χ1n) is 7.70. The molecule has 1 unspecified atom stereocenters. The first-order chi connectivity index (χ1) is 12.0. The highest BCUT2D eigenvalue weighted by Crippen LogP contribution is 2.26. The number of aryl methyl sites for hydroxylation is 1. The summed E-state index contributed by atoms with van der Waals surface area (Å²) in [5, 5.41) is 0. The summed E-state index contributed by atoms with van der Waals surface area (Å²) >= 11 is 3.14. The van der Waals surface area contributed by atoms with Crippen LogP contribution in [0.5, 0.6) is 0 Å². The Hall–Kier alpha value is -2.47. The largest absolute Gasteiger partial charge is 0.444 e. The number of hydrogen-bond acceptors (Lipinski definition) is 3. The van der Waals surface area contributed by atoms with Gasteiger partial charge in [-0.2, -0.15) is 0 Å². The van der Waals surface area contributed by atoms with E-state index in [1.165, 1.54) is 12.1 Å². The third-order valence-electron chi connectivity index (χ3n) is 3.98. The highest BCUT2D eigenvalue weighted by atomic mass is 79.9. The summed E-state index contributed by atoms with van der Waals surface area (Å²) in [6.07, 6.45) is 4.31. The van der Waals surface area contributed by atoms with E-state index in [-0.39, 0.29) is 5.56 Å². The first-order valence-corrected chi connectivity index (χ1v) is 8.49. The number of carbonyl (C=O) groups excluding carboxylic acids is 2. The molecule has 0 bridgehead atoms. The quantitative estimate of drug-likeness (QED) is 0.786. The van der Waals surface area contributed by atoms with Crippen molar-refractivity contribution in [2.24, 2.45) is 5.73 Å². The fourth-order valence-electron chi connectivity index (χ4n) is 2.72. The fourth-order valence-corrected chi connectivity index (χ4v) is 3.06. The molecule has 25 heavy (non-hydrogen) atoms. The summed E-state index contributed by atoms with van der Waals surface area (Å²) < 4.78 is 19.8. The normalized spacial score (nSPS) is 13.8. The Labute approximate surface area is 152 Å². The van der Waals surface area contributed by atoms with Gasteiger partial charge in [0.1, 0.15) is 5.82 Å². The van der Waals surface area contributed by atoms with Crippen molar-refractivity contribution in [1.29, 1.82) is 0 Å². The standard InChI is InChI=1S/C19H15BrFNO3/c20-14-7-8-15(16(21)10-14)17(18(22)23)25-19(24)13-6-5-11-3-1-2-4-12(11)9-13/h1,3,5-10,17H,2,4H2,(H2,22,23). The summed E-state index contributed by atoms with van der Waals surface area (Å²) in [5.41, 5.74) is 7.61. The van der Waals surface area contributed by atoms with Gasteiger partial charge in [-0.3, -0.25) is 4.79 Å². The molecular weight excluding hydrogens is 389 g/mol. The van der Waals surface area contributed by atoms with E-state index in [4.69, 9.17) is 10.5 Å². The van der Waals surface area contributed by atoms with Gasteiger partial charge in [0.2, 0.25) is 6.10 Å². The van der Waals surface area contributed by atoms with Gasteiger partial charge in [0.15, 0.2) is 0 Å². The van der Waals surface area contributed by atoms with Crippen molar-refractivity contribution in [3.63, 3.8) is 0 Å². The Morgan fingerprint density at radius 2 is 2.00 bits per heavy atom. The Kier molecular flexibility index (Phi) is 4.99. The minimum atomic E-state index is -1.49. The van der Waals surface area contributed by atoms with E-state index in [1.807, 2.05) is 12.1 Å². The van der Waals surface area contributed by atoms with Crippen LogP contribution < -0.4 is 5.73 Å². The number of fused-ring (bicyclic) bond motifs is 1. The van der Waals surface area contributed by atoms with Gasteiger partial charge in [0.25, 0.3) is 5.91 Å². The van der Waals surface area contributed by atoms with Gasteiger partial charge in [-0.15, -0.1) is 0 Å². The molecule has 1 amide bonds. The summed E-state index contributed by atoms with van der Waals surface area (Å²) in [6, 6.07) is 9.27. The molecule has 2 N–H and O–H groups in total. The zero-order valence-corrected chi connectivity index (χ0v) is 14.8. The topological polar surface area (TPSA) is 69.4 Å². The minimum absolute atomic E-state index is 0.0788. The van der Waals surface area contributed by atoms with Crippen LogP contribution in [0.2, 0.25) is 0 Å². The van der Waals surface area contributed by atoms with Crippen molar-refractivity contribution >= 4 is 33.9 Å². The average Bonchev–Trinajstić information content (AvgIpc) is 2.59. The van der Waals surface area contributed by atoms with E-state index in [9.17, 15) is 14.0 Å². The number of allylic oxidation sites excluding steroid dienone is 1. The van der Waals surface area contributed by atoms with Crippen LogP contribution in [0.3, 0.4) is 0 Å². The zero-order valence-electron chi connectivity index (χ0n) is 13.2. The summed E-state index contributed by atoms with van der Waals surface area (Å²) in [6.45, 7) is 0. The van der Waals surface area contributed by atoms with Crippen LogP contribution in [0.25, 0.3) is 6.08 Å². The molecule has 1 aliphatic carbocycles. The van der Waals surface area contributed by atoms with Crippen LogP contribution in [0.4, 0.5) is 4.39 Å². The maximum absolute atomic E-state index is 14.1. The molecular formula is C19H15BrFNO3. The molecule has 6 heteroatoms. The van der Waals surface area contributed by atoms with E-state index in [0.717, 1.165) is 24.0 Å². The molecule has 128 valence electrons. The van der Waals surface area contributed by atoms with Gasteiger partial charge < -0.3 is 10.5 Å². The molecule has 1 aliphatic rings. The van der Waals surface area contributed by atoms with E-state index < -0.39 is 23.8 Å². The molecule has 0 saturated heterocycles. The van der Waals surface area contributed by atoms with Crippen molar-refractivity contribution in [3.05, 3.63) is 75.0 Å². The van der Waals surface area contributed by atoms with Crippen LogP contribution in [0.15, 0.2) is 46.9 Å². The van der Waals surface area contributed by atoms with Crippen molar-refractivity contribution < 1.29 is 18.7 Å². The molecule has 0 aliphatic heterocycles. The number of primary amides is 1. The number of esters is 1. The lowest BCUT2D eigenvalue weighted by molar-refractivity contribution is -0.127. The fraction of sp³-hybridized carbons (Fsp3) is 0.158. The minimum Gasteiger partial charge on any atom is -0.444 e. The Bertz CT molecular complexity index is 879. The number of ether oxygens (including phenoxy) is 1. The second kappa shape index (κ2) is 7.19.